The van der Waals surface area contributed by atoms with Crippen LogP contribution in [0.2, 0.25) is 0 Å². The van der Waals surface area contributed by atoms with Gasteiger partial charge in [0.25, 0.3) is 0 Å². The molecule has 1 nitrogen and oxygen atoms in total. The van der Waals surface area contributed by atoms with Gasteiger partial charge in [-0.2, -0.15) is 13.2 Å². The Morgan fingerprint density at radius 2 is 1.56 bits per heavy atom. The Morgan fingerprint density at radius 3 is 2.11 bits per heavy atom. The highest BCUT2D eigenvalue weighted by atomic mass is 19.4. The average Bonchev–Trinajstić information content (AvgIpc) is 2.32. The van der Waals surface area contributed by atoms with Crippen LogP contribution in [0, 0.1) is 6.92 Å². The fraction of sp³-hybridized carbons (Fsp3) is 0.143. The number of alkyl halides is 3. The summed E-state index contributed by atoms with van der Waals surface area (Å²) in [4.78, 5) is 0. The van der Waals surface area contributed by atoms with Gasteiger partial charge in [0.05, 0.1) is 5.56 Å². The molecule has 2 aromatic carbocycles. The summed E-state index contributed by atoms with van der Waals surface area (Å²) < 4.78 is 39.2. The molecular weight excluding hydrogens is 241 g/mol. The molecule has 2 aromatic rings. The number of aromatic hydroxyl groups is 1. The zero-order chi connectivity index (χ0) is 13.3. The topological polar surface area (TPSA) is 20.2 Å². The smallest absolute Gasteiger partial charge is 0.417 e. The van der Waals surface area contributed by atoms with Gasteiger partial charge in [0.1, 0.15) is 5.75 Å². The first-order valence-corrected chi connectivity index (χ1v) is 5.36. The van der Waals surface area contributed by atoms with Crippen molar-refractivity contribution < 1.29 is 18.3 Å². The van der Waals surface area contributed by atoms with E-state index in [2.05, 4.69) is 0 Å². The van der Waals surface area contributed by atoms with Crippen LogP contribution >= 0.6 is 0 Å². The van der Waals surface area contributed by atoms with Crippen molar-refractivity contribution in [3.63, 3.8) is 0 Å². The molecule has 0 saturated carbocycles. The molecule has 0 bridgehead atoms. The largest absolute Gasteiger partial charge is 0.508 e. The molecule has 0 aromatic heterocycles. The van der Waals surface area contributed by atoms with E-state index < -0.39 is 11.7 Å². The van der Waals surface area contributed by atoms with Gasteiger partial charge < -0.3 is 5.11 Å². The van der Waals surface area contributed by atoms with E-state index in [-0.39, 0.29) is 16.9 Å². The first-order valence-electron chi connectivity index (χ1n) is 5.36. The number of phenolic OH excluding ortho intramolecular Hbond substituents is 1. The number of phenols is 1. The maximum Gasteiger partial charge on any atom is 0.417 e. The summed E-state index contributed by atoms with van der Waals surface area (Å²) in [5.41, 5.74) is -0.371. The summed E-state index contributed by atoms with van der Waals surface area (Å²) in [6, 6.07) is 10.9. The van der Waals surface area contributed by atoms with E-state index >= 15 is 0 Å². The molecule has 0 radical (unpaired) electrons. The maximum absolute atomic E-state index is 13.1. The zero-order valence-corrected chi connectivity index (χ0v) is 9.62. The van der Waals surface area contributed by atoms with E-state index in [4.69, 9.17) is 0 Å². The van der Waals surface area contributed by atoms with Crippen LogP contribution in [0.5, 0.6) is 5.75 Å². The van der Waals surface area contributed by atoms with Gasteiger partial charge in [0.15, 0.2) is 0 Å². The van der Waals surface area contributed by atoms with Crippen molar-refractivity contribution >= 4 is 0 Å². The third kappa shape index (κ3) is 2.18. The third-order valence-corrected chi connectivity index (χ3v) is 2.80. The zero-order valence-electron chi connectivity index (χ0n) is 9.62. The summed E-state index contributed by atoms with van der Waals surface area (Å²) in [6.45, 7) is 1.27. The fourth-order valence-corrected chi connectivity index (χ4v) is 1.92. The molecule has 0 aliphatic carbocycles. The number of benzene rings is 2. The standard InChI is InChI=1S/C14H11F3O/c1-9-12(18)8-7-11(13(9)14(15,16)17)10-5-3-2-4-6-10/h2-8,18H,1H3. The van der Waals surface area contributed by atoms with Crippen LogP contribution in [0.1, 0.15) is 11.1 Å². The van der Waals surface area contributed by atoms with E-state index in [9.17, 15) is 18.3 Å². The lowest BCUT2D eigenvalue weighted by Crippen LogP contribution is -2.09. The molecule has 1 N–H and O–H groups in total. The van der Waals surface area contributed by atoms with Crippen LogP contribution in [-0.2, 0) is 6.18 Å². The Morgan fingerprint density at radius 1 is 0.944 bits per heavy atom. The minimum atomic E-state index is -4.49. The minimum absolute atomic E-state index is 0.0819. The molecule has 0 fully saturated rings. The van der Waals surface area contributed by atoms with Crippen LogP contribution in [0.25, 0.3) is 11.1 Å². The molecular formula is C14H11F3O. The Hall–Kier alpha value is -1.97. The van der Waals surface area contributed by atoms with Crippen LogP contribution in [0.3, 0.4) is 0 Å². The highest BCUT2D eigenvalue weighted by Gasteiger charge is 2.36. The second kappa shape index (κ2) is 4.37. The summed E-state index contributed by atoms with van der Waals surface area (Å²) in [5, 5.41) is 9.43. The predicted molar refractivity (Wildman–Crippen MR) is 63.3 cm³/mol. The predicted octanol–water partition coefficient (Wildman–Crippen LogP) is 4.39. The summed E-state index contributed by atoms with van der Waals surface area (Å²) in [6.07, 6.45) is -4.49. The highest BCUT2D eigenvalue weighted by molar-refractivity contribution is 5.71. The maximum atomic E-state index is 13.1. The van der Waals surface area contributed by atoms with Crippen molar-refractivity contribution in [2.45, 2.75) is 13.1 Å². The molecule has 0 spiro atoms. The molecule has 0 unspecified atom stereocenters. The van der Waals surface area contributed by atoms with Crippen LogP contribution in [0.4, 0.5) is 13.2 Å². The molecule has 94 valence electrons. The number of halogens is 3. The summed E-state index contributed by atoms with van der Waals surface area (Å²) >= 11 is 0. The quantitative estimate of drug-likeness (QED) is 0.798. The minimum Gasteiger partial charge on any atom is -0.508 e. The van der Waals surface area contributed by atoms with E-state index in [1.54, 1.807) is 30.3 Å². The van der Waals surface area contributed by atoms with Crippen molar-refractivity contribution in [2.75, 3.05) is 0 Å². The normalized spacial score (nSPS) is 11.6. The highest BCUT2D eigenvalue weighted by Crippen LogP contribution is 2.41. The van der Waals surface area contributed by atoms with Gasteiger partial charge in [-0.1, -0.05) is 36.4 Å². The Balaban J connectivity index is 2.73. The number of hydrogen-bond donors (Lipinski definition) is 1. The molecule has 0 amide bonds. The molecule has 0 heterocycles. The van der Waals surface area contributed by atoms with E-state index in [1.165, 1.54) is 19.1 Å². The first kappa shape index (κ1) is 12.5. The lowest BCUT2D eigenvalue weighted by Gasteiger charge is -2.16. The lowest BCUT2D eigenvalue weighted by atomic mass is 9.95. The van der Waals surface area contributed by atoms with E-state index in [0.717, 1.165) is 0 Å². The second-order valence-corrected chi connectivity index (χ2v) is 4.00. The van der Waals surface area contributed by atoms with Crippen molar-refractivity contribution in [1.29, 1.82) is 0 Å². The van der Waals surface area contributed by atoms with Crippen LogP contribution in [-0.4, -0.2) is 5.11 Å². The van der Waals surface area contributed by atoms with Gasteiger partial charge in [-0.05, 0) is 24.1 Å². The van der Waals surface area contributed by atoms with E-state index in [1.807, 2.05) is 0 Å². The van der Waals surface area contributed by atoms with Crippen LogP contribution < -0.4 is 0 Å². The second-order valence-electron chi connectivity index (χ2n) is 4.00. The molecule has 0 atom stereocenters. The third-order valence-electron chi connectivity index (χ3n) is 2.80. The molecule has 0 aliphatic rings. The molecule has 18 heavy (non-hydrogen) atoms. The van der Waals surface area contributed by atoms with Crippen molar-refractivity contribution in [3.05, 3.63) is 53.6 Å². The van der Waals surface area contributed by atoms with Gasteiger partial charge in [0, 0.05) is 5.56 Å². The lowest BCUT2D eigenvalue weighted by molar-refractivity contribution is -0.137. The van der Waals surface area contributed by atoms with E-state index in [0.29, 0.717) is 5.56 Å². The van der Waals surface area contributed by atoms with Crippen molar-refractivity contribution in [1.82, 2.24) is 0 Å². The van der Waals surface area contributed by atoms with Crippen molar-refractivity contribution in [3.8, 4) is 16.9 Å². The first-order chi connectivity index (χ1) is 8.41. The summed E-state index contributed by atoms with van der Waals surface area (Å²) in [7, 11) is 0. The fourth-order valence-electron chi connectivity index (χ4n) is 1.92. The van der Waals surface area contributed by atoms with Gasteiger partial charge in [-0.15, -0.1) is 0 Å². The summed E-state index contributed by atoms with van der Waals surface area (Å²) in [5.74, 6) is -0.345. The van der Waals surface area contributed by atoms with Gasteiger partial charge in [0.2, 0.25) is 0 Å². The SMILES string of the molecule is Cc1c(O)ccc(-c2ccccc2)c1C(F)(F)F. The van der Waals surface area contributed by atoms with Crippen molar-refractivity contribution in [2.24, 2.45) is 0 Å². The van der Waals surface area contributed by atoms with Crippen LogP contribution in [0.15, 0.2) is 42.5 Å². The van der Waals surface area contributed by atoms with Gasteiger partial charge in [-0.3, -0.25) is 0 Å². The molecule has 2 rings (SSSR count). The Kier molecular flexibility index (Phi) is 3.03. The number of hydrogen-bond acceptors (Lipinski definition) is 1. The monoisotopic (exact) mass is 252 g/mol. The van der Waals surface area contributed by atoms with Gasteiger partial charge in [-0.25, -0.2) is 0 Å². The molecule has 0 aliphatic heterocycles. The Bertz CT molecular complexity index is 559. The number of rotatable bonds is 1. The Labute approximate surface area is 103 Å². The molecule has 0 saturated heterocycles. The average molecular weight is 252 g/mol. The molecule has 4 heteroatoms. The van der Waals surface area contributed by atoms with Gasteiger partial charge >= 0.3 is 6.18 Å².